The van der Waals surface area contributed by atoms with Gasteiger partial charge < -0.3 is 24.9 Å². The average molecular weight is 285 g/mol. The topological polar surface area (TPSA) is 84.3 Å². The number of hydrogen-bond acceptors (Lipinski definition) is 4. The summed E-state index contributed by atoms with van der Waals surface area (Å²) in [5.41, 5.74) is 0. The fourth-order valence-electron chi connectivity index (χ4n) is 3.12. The van der Waals surface area contributed by atoms with Crippen LogP contribution in [0, 0.1) is 5.92 Å². The summed E-state index contributed by atoms with van der Waals surface area (Å²) in [6.45, 7) is 2.72. The predicted octanol–water partition coefficient (Wildman–Crippen LogP) is -0.490. The Balaban J connectivity index is 1.93. The number of amides is 2. The van der Waals surface area contributed by atoms with Crippen LogP contribution in [0.25, 0.3) is 0 Å². The molecule has 2 aliphatic heterocycles. The zero-order chi connectivity index (χ0) is 14.9. The zero-order valence-corrected chi connectivity index (χ0v) is 12.0. The minimum atomic E-state index is -1.05. The molecule has 0 aromatic rings. The van der Waals surface area contributed by atoms with Gasteiger partial charge in [0, 0.05) is 33.1 Å². The van der Waals surface area contributed by atoms with Crippen LogP contribution in [0.3, 0.4) is 0 Å². The van der Waals surface area contributed by atoms with Crippen molar-refractivity contribution in [3.63, 3.8) is 0 Å². The first-order valence-electron chi connectivity index (χ1n) is 6.99. The van der Waals surface area contributed by atoms with Gasteiger partial charge in [0.1, 0.15) is 6.04 Å². The Labute approximate surface area is 118 Å². The highest BCUT2D eigenvalue weighted by Gasteiger charge is 2.40. The van der Waals surface area contributed by atoms with Gasteiger partial charge in [0.25, 0.3) is 0 Å². The number of hydrogen-bond donors (Lipinski definition) is 2. The molecule has 2 rings (SSSR count). The number of carbonyl (C=O) groups is 2. The fraction of sp³-hybridized carbons (Fsp3) is 0.846. The molecule has 2 N–H and O–H groups in total. The van der Waals surface area contributed by atoms with Crippen LogP contribution in [0.4, 0.5) is 4.79 Å². The van der Waals surface area contributed by atoms with Crippen LogP contribution >= 0.6 is 0 Å². The minimum Gasteiger partial charge on any atom is -0.480 e. The number of carboxylic acids is 1. The molecular weight excluding hydrogens is 262 g/mol. The number of nitrogens with zero attached hydrogens (tertiary/aromatic N) is 3. The molecule has 114 valence electrons. The number of aliphatic carboxylic acids is 1. The third kappa shape index (κ3) is 3.21. The highest BCUT2D eigenvalue weighted by molar-refractivity contribution is 5.83. The Hall–Kier alpha value is -1.34. The van der Waals surface area contributed by atoms with Gasteiger partial charge in [-0.2, -0.15) is 0 Å². The largest absolute Gasteiger partial charge is 0.480 e. The predicted molar refractivity (Wildman–Crippen MR) is 72.4 cm³/mol. The summed E-state index contributed by atoms with van der Waals surface area (Å²) >= 11 is 0. The molecule has 2 fully saturated rings. The molecular formula is C13H23N3O4. The maximum absolute atomic E-state index is 12.3. The summed E-state index contributed by atoms with van der Waals surface area (Å²) in [7, 11) is 3.75. The number of carboxylic acid groups (broad SMARTS) is 1. The Morgan fingerprint density at radius 3 is 2.60 bits per heavy atom. The van der Waals surface area contributed by atoms with Crippen LogP contribution in [-0.4, -0.2) is 89.3 Å². The maximum atomic E-state index is 12.3. The normalized spacial score (nSPS) is 30.8. The van der Waals surface area contributed by atoms with E-state index in [-0.39, 0.29) is 19.0 Å². The summed E-state index contributed by atoms with van der Waals surface area (Å²) in [6.07, 6.45) is 0.422. The molecule has 0 aromatic heterocycles. The van der Waals surface area contributed by atoms with Crippen LogP contribution < -0.4 is 0 Å². The van der Waals surface area contributed by atoms with E-state index in [0.717, 1.165) is 19.5 Å². The third-order valence-corrected chi connectivity index (χ3v) is 4.16. The highest BCUT2D eigenvalue weighted by atomic mass is 16.4. The molecule has 1 unspecified atom stereocenters. The molecule has 3 atom stereocenters. The number of rotatable bonds is 3. The Bertz CT molecular complexity index is 390. The summed E-state index contributed by atoms with van der Waals surface area (Å²) in [6, 6.07) is -1.21. The number of urea groups is 1. The molecule has 2 heterocycles. The molecule has 0 bridgehead atoms. The summed E-state index contributed by atoms with van der Waals surface area (Å²) in [5, 5.41) is 18.7. The van der Waals surface area contributed by atoms with Gasteiger partial charge in [0.05, 0.1) is 6.10 Å². The van der Waals surface area contributed by atoms with E-state index in [1.165, 1.54) is 4.90 Å². The van der Waals surface area contributed by atoms with Crippen LogP contribution in [0.1, 0.15) is 12.8 Å². The highest BCUT2D eigenvalue weighted by Crippen LogP contribution is 2.21. The van der Waals surface area contributed by atoms with Crippen LogP contribution in [0.15, 0.2) is 0 Å². The zero-order valence-electron chi connectivity index (χ0n) is 12.0. The van der Waals surface area contributed by atoms with E-state index in [0.29, 0.717) is 12.5 Å². The van der Waals surface area contributed by atoms with E-state index in [4.69, 9.17) is 5.11 Å². The van der Waals surface area contributed by atoms with Gasteiger partial charge >= 0.3 is 12.0 Å². The molecule has 0 saturated carbocycles. The van der Waals surface area contributed by atoms with Gasteiger partial charge in [0.15, 0.2) is 0 Å². The lowest BCUT2D eigenvalue weighted by molar-refractivity contribution is -0.141. The smallest absolute Gasteiger partial charge is 0.326 e. The van der Waals surface area contributed by atoms with Gasteiger partial charge in [0.2, 0.25) is 0 Å². The summed E-state index contributed by atoms with van der Waals surface area (Å²) in [4.78, 5) is 28.6. The lowest BCUT2D eigenvalue weighted by atomic mass is 10.1. The molecule has 20 heavy (non-hydrogen) atoms. The number of aliphatic hydroxyl groups is 1. The van der Waals surface area contributed by atoms with E-state index < -0.39 is 18.1 Å². The molecule has 0 radical (unpaired) electrons. The van der Waals surface area contributed by atoms with Gasteiger partial charge in [-0.15, -0.1) is 0 Å². The second-order valence-corrected chi connectivity index (χ2v) is 5.98. The number of β-amino-alcohol motifs (C(OH)–C–C–N with tert-alkyl or cyclic N) is 1. The van der Waals surface area contributed by atoms with E-state index in [2.05, 4.69) is 11.9 Å². The van der Waals surface area contributed by atoms with Crippen molar-refractivity contribution in [3.05, 3.63) is 0 Å². The van der Waals surface area contributed by atoms with E-state index in [1.807, 2.05) is 0 Å². The monoisotopic (exact) mass is 285 g/mol. The van der Waals surface area contributed by atoms with Gasteiger partial charge in [-0.25, -0.2) is 9.59 Å². The van der Waals surface area contributed by atoms with E-state index >= 15 is 0 Å². The number of likely N-dealkylation sites (tertiary alicyclic amines) is 2. The van der Waals surface area contributed by atoms with Crippen LogP contribution in [0.5, 0.6) is 0 Å². The van der Waals surface area contributed by atoms with Gasteiger partial charge in [-0.1, -0.05) is 0 Å². The van der Waals surface area contributed by atoms with Crippen molar-refractivity contribution in [1.82, 2.24) is 14.7 Å². The average Bonchev–Trinajstić information content (AvgIpc) is 2.94. The lowest BCUT2D eigenvalue weighted by Crippen LogP contribution is -2.48. The van der Waals surface area contributed by atoms with Crippen molar-refractivity contribution in [1.29, 1.82) is 0 Å². The number of aliphatic hydroxyl groups excluding tert-OH is 1. The van der Waals surface area contributed by atoms with Crippen molar-refractivity contribution in [2.45, 2.75) is 25.0 Å². The fourth-order valence-corrected chi connectivity index (χ4v) is 3.12. The second kappa shape index (κ2) is 5.97. The first kappa shape index (κ1) is 15.1. The van der Waals surface area contributed by atoms with Crippen molar-refractivity contribution in [2.75, 3.05) is 40.3 Å². The van der Waals surface area contributed by atoms with Crippen molar-refractivity contribution < 1.29 is 19.8 Å². The molecule has 0 aliphatic carbocycles. The second-order valence-electron chi connectivity index (χ2n) is 5.98. The molecule has 2 amide bonds. The lowest BCUT2D eigenvalue weighted by Gasteiger charge is -2.29. The maximum Gasteiger partial charge on any atom is 0.326 e. The van der Waals surface area contributed by atoms with E-state index in [9.17, 15) is 14.7 Å². The van der Waals surface area contributed by atoms with Gasteiger partial charge in [-0.05, 0) is 25.9 Å². The van der Waals surface area contributed by atoms with Crippen molar-refractivity contribution in [2.24, 2.45) is 5.92 Å². The SMILES string of the molecule is CN1CCC(CN(C)C(=O)N2C[C@@H](O)C[C@H]2C(=O)O)C1. The minimum absolute atomic E-state index is 0.102. The van der Waals surface area contributed by atoms with E-state index in [1.54, 1.807) is 11.9 Å². The molecule has 0 spiro atoms. The molecule has 0 aromatic carbocycles. The summed E-state index contributed by atoms with van der Waals surface area (Å²) < 4.78 is 0. The first-order valence-corrected chi connectivity index (χ1v) is 6.99. The third-order valence-electron chi connectivity index (χ3n) is 4.16. The molecule has 2 aliphatic rings. The van der Waals surface area contributed by atoms with Gasteiger partial charge in [-0.3, -0.25) is 0 Å². The Morgan fingerprint density at radius 1 is 1.35 bits per heavy atom. The molecule has 2 saturated heterocycles. The Kier molecular flexibility index (Phi) is 4.49. The summed E-state index contributed by atoms with van der Waals surface area (Å²) in [5.74, 6) is -0.617. The van der Waals surface area contributed by atoms with Crippen LogP contribution in [0.2, 0.25) is 0 Å². The molecule has 7 heteroatoms. The first-order chi connectivity index (χ1) is 9.38. The number of carbonyl (C=O) groups excluding carboxylic acids is 1. The quantitative estimate of drug-likeness (QED) is 0.731. The Morgan fingerprint density at radius 2 is 2.05 bits per heavy atom. The van der Waals surface area contributed by atoms with Crippen molar-refractivity contribution in [3.8, 4) is 0 Å². The van der Waals surface area contributed by atoms with Crippen LogP contribution in [-0.2, 0) is 4.79 Å². The van der Waals surface area contributed by atoms with Crippen molar-refractivity contribution >= 4 is 12.0 Å². The molecule has 7 nitrogen and oxygen atoms in total. The standard InChI is InChI=1S/C13H23N3O4/c1-14-4-3-9(6-14)7-15(2)13(20)16-8-10(17)5-11(16)12(18)19/h9-11,17H,3-8H2,1-2H3,(H,18,19)/t9?,10-,11-/m0/s1.